The van der Waals surface area contributed by atoms with Crippen molar-refractivity contribution in [2.75, 3.05) is 20.2 Å². The lowest BCUT2D eigenvalue weighted by atomic mass is 9.71. The molecule has 2 fully saturated rings. The van der Waals surface area contributed by atoms with Gasteiger partial charge in [-0.1, -0.05) is 36.6 Å². The fraction of sp³-hybridized carbons (Fsp3) is 0.480. The molecule has 9 heteroatoms. The molecule has 0 radical (unpaired) electrons. The summed E-state index contributed by atoms with van der Waals surface area (Å²) in [6.45, 7) is 0.851. The van der Waals surface area contributed by atoms with Crippen molar-refractivity contribution in [1.82, 2.24) is 9.62 Å². The van der Waals surface area contributed by atoms with Crippen LogP contribution in [0.25, 0.3) is 0 Å². The minimum absolute atomic E-state index is 0.0216. The number of nitrogens with zero attached hydrogens (tertiary/aromatic N) is 1. The number of carbonyl (C=O) groups is 1. The lowest BCUT2D eigenvalue weighted by Gasteiger charge is -2.48. The van der Waals surface area contributed by atoms with Crippen molar-refractivity contribution in [2.45, 2.75) is 55.1 Å². The van der Waals surface area contributed by atoms with E-state index in [9.17, 15) is 18.3 Å². The van der Waals surface area contributed by atoms with E-state index in [0.717, 1.165) is 31.2 Å². The van der Waals surface area contributed by atoms with Gasteiger partial charge in [0.25, 0.3) is 0 Å². The molecule has 34 heavy (non-hydrogen) atoms. The van der Waals surface area contributed by atoms with E-state index in [1.54, 1.807) is 41.3 Å². The van der Waals surface area contributed by atoms with E-state index in [1.165, 1.54) is 19.2 Å². The fourth-order valence-electron chi connectivity index (χ4n) is 5.04. The molecule has 4 rings (SSSR count). The fourth-order valence-corrected chi connectivity index (χ4v) is 6.35. The normalized spacial score (nSPS) is 23.7. The van der Waals surface area contributed by atoms with E-state index in [4.69, 9.17) is 16.3 Å². The van der Waals surface area contributed by atoms with Crippen LogP contribution in [0.4, 0.5) is 0 Å². The second-order valence-electron chi connectivity index (χ2n) is 9.26. The van der Waals surface area contributed by atoms with Gasteiger partial charge in [-0.3, -0.25) is 4.79 Å². The third-order valence-electron chi connectivity index (χ3n) is 7.06. The summed E-state index contributed by atoms with van der Waals surface area (Å²) < 4.78 is 34.1. The standard InChI is InChI=1S/C25H31ClN2O5S/c1-33-21-9-11-22(12-10-21)34(31,32)27-23(16-18-5-7-20(26)8-6-18)24(29)28-15-14-25(30)13-3-2-4-19(25)17-28/h5-12,19,23,27,30H,2-4,13-17H2,1H3/t19-,23-,25+/m1/s1. The smallest absolute Gasteiger partial charge is 0.241 e. The largest absolute Gasteiger partial charge is 0.497 e. The molecule has 2 aromatic rings. The number of benzene rings is 2. The zero-order valence-electron chi connectivity index (χ0n) is 19.2. The molecule has 0 unspecified atom stereocenters. The van der Waals surface area contributed by atoms with Crippen molar-refractivity contribution >= 4 is 27.5 Å². The number of ether oxygens (including phenoxy) is 1. The van der Waals surface area contributed by atoms with Crippen LogP contribution in [0.5, 0.6) is 5.75 Å². The second kappa shape index (κ2) is 10.2. The molecular weight excluding hydrogens is 476 g/mol. The Bertz CT molecular complexity index is 1110. The van der Waals surface area contributed by atoms with Gasteiger partial charge in [-0.2, -0.15) is 4.72 Å². The summed E-state index contributed by atoms with van der Waals surface area (Å²) in [5.74, 6) is 0.286. The monoisotopic (exact) mass is 506 g/mol. The molecule has 0 bridgehead atoms. The summed E-state index contributed by atoms with van der Waals surface area (Å²) in [7, 11) is -2.45. The third kappa shape index (κ3) is 5.57. The van der Waals surface area contributed by atoms with Gasteiger partial charge in [-0.05, 0) is 67.6 Å². The maximum absolute atomic E-state index is 13.6. The topological polar surface area (TPSA) is 95.9 Å². The molecule has 1 saturated heterocycles. The predicted octanol–water partition coefficient (Wildman–Crippen LogP) is 3.39. The molecule has 184 valence electrons. The van der Waals surface area contributed by atoms with Crippen LogP contribution in [0.15, 0.2) is 53.4 Å². The van der Waals surface area contributed by atoms with E-state index in [-0.39, 0.29) is 23.1 Å². The first-order valence-electron chi connectivity index (χ1n) is 11.6. The third-order valence-corrected chi connectivity index (χ3v) is 8.80. The number of sulfonamides is 1. The summed E-state index contributed by atoms with van der Waals surface area (Å²) in [6, 6.07) is 12.1. The minimum atomic E-state index is -3.96. The SMILES string of the molecule is COc1ccc(S(=O)(=O)N[C@H](Cc2ccc(Cl)cc2)C(=O)N2CC[C@@]3(O)CCCC[C@@H]3C2)cc1. The number of fused-ring (bicyclic) bond motifs is 1. The number of hydrogen-bond acceptors (Lipinski definition) is 5. The number of amides is 1. The molecule has 2 aromatic carbocycles. The van der Waals surface area contributed by atoms with Crippen molar-refractivity contribution in [2.24, 2.45) is 5.92 Å². The van der Waals surface area contributed by atoms with Crippen LogP contribution < -0.4 is 9.46 Å². The Labute approximate surface area is 206 Å². The number of hydrogen-bond donors (Lipinski definition) is 2. The van der Waals surface area contributed by atoms with Crippen LogP contribution in [0, 0.1) is 5.92 Å². The van der Waals surface area contributed by atoms with Gasteiger partial charge in [0.2, 0.25) is 15.9 Å². The number of aliphatic hydroxyl groups is 1. The van der Waals surface area contributed by atoms with Crippen LogP contribution in [-0.2, 0) is 21.2 Å². The summed E-state index contributed by atoms with van der Waals surface area (Å²) in [5, 5.41) is 11.6. The summed E-state index contributed by atoms with van der Waals surface area (Å²) in [5.41, 5.74) is 0.0786. The Morgan fingerprint density at radius 1 is 1.18 bits per heavy atom. The van der Waals surface area contributed by atoms with Gasteiger partial charge in [0.05, 0.1) is 17.6 Å². The number of nitrogens with one attached hydrogen (secondary N) is 1. The number of carbonyl (C=O) groups excluding carboxylic acids is 1. The Morgan fingerprint density at radius 3 is 2.56 bits per heavy atom. The molecule has 1 aliphatic heterocycles. The van der Waals surface area contributed by atoms with Crippen molar-refractivity contribution in [3.8, 4) is 5.75 Å². The van der Waals surface area contributed by atoms with Crippen molar-refractivity contribution in [3.63, 3.8) is 0 Å². The molecule has 2 aliphatic rings. The molecule has 0 spiro atoms. The van der Waals surface area contributed by atoms with E-state index in [0.29, 0.717) is 30.3 Å². The van der Waals surface area contributed by atoms with Crippen LogP contribution in [-0.4, -0.2) is 56.2 Å². The maximum Gasteiger partial charge on any atom is 0.241 e. The molecule has 0 aromatic heterocycles. The van der Waals surface area contributed by atoms with Crippen LogP contribution in [0.2, 0.25) is 5.02 Å². The van der Waals surface area contributed by atoms with Gasteiger partial charge < -0.3 is 14.7 Å². The molecule has 3 atom stereocenters. The molecular formula is C25H31ClN2O5S. The van der Waals surface area contributed by atoms with Gasteiger partial charge in [-0.25, -0.2) is 8.42 Å². The molecule has 1 aliphatic carbocycles. The lowest BCUT2D eigenvalue weighted by molar-refractivity contribution is -0.145. The van der Waals surface area contributed by atoms with Crippen LogP contribution in [0.1, 0.15) is 37.7 Å². The highest BCUT2D eigenvalue weighted by Crippen LogP contribution is 2.40. The molecule has 1 heterocycles. The van der Waals surface area contributed by atoms with Crippen molar-refractivity contribution < 1.29 is 23.1 Å². The van der Waals surface area contributed by atoms with E-state index < -0.39 is 21.7 Å². The average Bonchev–Trinajstić information content (AvgIpc) is 2.84. The molecule has 7 nitrogen and oxygen atoms in total. The molecule has 1 amide bonds. The Hall–Kier alpha value is -2.13. The van der Waals surface area contributed by atoms with Crippen molar-refractivity contribution in [1.29, 1.82) is 0 Å². The lowest BCUT2D eigenvalue weighted by Crippen LogP contribution is -2.58. The van der Waals surface area contributed by atoms with E-state index in [1.807, 2.05) is 0 Å². The van der Waals surface area contributed by atoms with Crippen LogP contribution in [0.3, 0.4) is 0 Å². The van der Waals surface area contributed by atoms with E-state index in [2.05, 4.69) is 4.72 Å². The van der Waals surface area contributed by atoms with E-state index >= 15 is 0 Å². The summed E-state index contributed by atoms with van der Waals surface area (Å²) >= 11 is 6.00. The first-order chi connectivity index (χ1) is 16.2. The summed E-state index contributed by atoms with van der Waals surface area (Å²) in [6.07, 6.45) is 4.38. The highest BCUT2D eigenvalue weighted by Gasteiger charge is 2.44. The van der Waals surface area contributed by atoms with Gasteiger partial charge in [0.15, 0.2) is 0 Å². The Balaban J connectivity index is 1.57. The zero-order valence-corrected chi connectivity index (χ0v) is 20.8. The maximum atomic E-state index is 13.6. The molecule has 2 N–H and O–H groups in total. The Kier molecular flexibility index (Phi) is 7.52. The highest BCUT2D eigenvalue weighted by atomic mass is 35.5. The van der Waals surface area contributed by atoms with Gasteiger partial charge in [0.1, 0.15) is 11.8 Å². The average molecular weight is 507 g/mol. The predicted molar refractivity (Wildman–Crippen MR) is 130 cm³/mol. The Morgan fingerprint density at radius 2 is 1.88 bits per heavy atom. The van der Waals surface area contributed by atoms with Crippen LogP contribution >= 0.6 is 11.6 Å². The second-order valence-corrected chi connectivity index (χ2v) is 11.4. The zero-order chi connectivity index (χ0) is 24.3. The highest BCUT2D eigenvalue weighted by molar-refractivity contribution is 7.89. The molecule has 1 saturated carbocycles. The number of halogens is 1. The van der Waals surface area contributed by atoms with Gasteiger partial charge >= 0.3 is 0 Å². The first kappa shape index (κ1) is 25.0. The number of piperidine rings is 1. The number of likely N-dealkylation sites (tertiary alicyclic amines) is 1. The van der Waals surface area contributed by atoms with Gasteiger partial charge in [0, 0.05) is 24.0 Å². The van der Waals surface area contributed by atoms with Gasteiger partial charge in [-0.15, -0.1) is 0 Å². The summed E-state index contributed by atoms with van der Waals surface area (Å²) in [4.78, 5) is 15.4. The van der Waals surface area contributed by atoms with Crippen molar-refractivity contribution in [3.05, 3.63) is 59.1 Å². The minimum Gasteiger partial charge on any atom is -0.497 e. The first-order valence-corrected chi connectivity index (χ1v) is 13.5. The quantitative estimate of drug-likeness (QED) is 0.600. The number of methoxy groups -OCH3 is 1. The number of rotatable bonds is 7.